The highest BCUT2D eigenvalue weighted by Gasteiger charge is 2.08. The van der Waals surface area contributed by atoms with E-state index in [2.05, 4.69) is 10.3 Å². The third-order valence-electron chi connectivity index (χ3n) is 1.92. The van der Waals surface area contributed by atoms with Crippen LogP contribution in [-0.4, -0.2) is 32.9 Å². The second-order valence-electron chi connectivity index (χ2n) is 3.17. The van der Waals surface area contributed by atoms with Gasteiger partial charge in [-0.25, -0.2) is 4.98 Å². The summed E-state index contributed by atoms with van der Waals surface area (Å²) in [4.78, 5) is 26.6. The van der Waals surface area contributed by atoms with Gasteiger partial charge >= 0.3 is 5.97 Å². The Morgan fingerprint density at radius 3 is 3.06 bits per heavy atom. The number of nitrogens with one attached hydrogen (secondary N) is 1. The number of carbonyl (C=O) groups is 2. The Kier molecular flexibility index (Phi) is 2.86. The van der Waals surface area contributed by atoms with Crippen LogP contribution in [0.15, 0.2) is 17.8 Å². The molecule has 0 bridgehead atoms. The van der Waals surface area contributed by atoms with Crippen molar-refractivity contribution in [3.63, 3.8) is 0 Å². The van der Waals surface area contributed by atoms with Gasteiger partial charge in [-0.05, 0) is 0 Å². The number of rotatable bonds is 4. The number of carboxylic acids is 1. The molecule has 0 aliphatic heterocycles. The molecule has 2 aromatic rings. The van der Waals surface area contributed by atoms with Crippen LogP contribution in [0.4, 0.5) is 0 Å². The Morgan fingerprint density at radius 1 is 1.56 bits per heavy atom. The van der Waals surface area contributed by atoms with Gasteiger partial charge in [-0.3, -0.25) is 14.0 Å². The first-order valence-corrected chi connectivity index (χ1v) is 5.42. The van der Waals surface area contributed by atoms with E-state index in [0.717, 1.165) is 4.96 Å². The zero-order chi connectivity index (χ0) is 11.5. The van der Waals surface area contributed by atoms with E-state index in [1.165, 1.54) is 11.3 Å². The van der Waals surface area contributed by atoms with Crippen LogP contribution in [0.5, 0.6) is 0 Å². The molecule has 0 aromatic carbocycles. The first-order chi connectivity index (χ1) is 7.65. The predicted octanol–water partition coefficient (Wildman–Crippen LogP) is 0.139. The SMILES string of the molecule is O=C(O)CNC(=O)Cc1cn2ccsc2n1. The van der Waals surface area contributed by atoms with E-state index in [-0.39, 0.29) is 18.9 Å². The van der Waals surface area contributed by atoms with Crippen molar-refractivity contribution >= 4 is 28.2 Å². The third-order valence-corrected chi connectivity index (χ3v) is 2.69. The van der Waals surface area contributed by atoms with Gasteiger partial charge in [0.15, 0.2) is 4.96 Å². The quantitative estimate of drug-likeness (QED) is 0.794. The number of thiazole rings is 1. The van der Waals surface area contributed by atoms with Gasteiger partial charge in [-0.1, -0.05) is 0 Å². The zero-order valence-corrected chi connectivity index (χ0v) is 9.03. The fourth-order valence-electron chi connectivity index (χ4n) is 1.26. The predicted molar refractivity (Wildman–Crippen MR) is 57.4 cm³/mol. The van der Waals surface area contributed by atoms with Gasteiger partial charge in [0.05, 0.1) is 12.1 Å². The van der Waals surface area contributed by atoms with E-state index >= 15 is 0 Å². The summed E-state index contributed by atoms with van der Waals surface area (Å²) in [6.45, 7) is -0.360. The number of hydrogen-bond donors (Lipinski definition) is 2. The number of fused-ring (bicyclic) bond motifs is 1. The van der Waals surface area contributed by atoms with Gasteiger partial charge < -0.3 is 10.4 Å². The number of carboxylic acid groups (broad SMARTS) is 1. The van der Waals surface area contributed by atoms with Gasteiger partial charge in [-0.2, -0.15) is 0 Å². The zero-order valence-electron chi connectivity index (χ0n) is 8.21. The molecule has 0 spiro atoms. The van der Waals surface area contributed by atoms with Crippen LogP contribution in [0.25, 0.3) is 4.96 Å². The molecule has 0 saturated carbocycles. The van der Waals surface area contributed by atoms with E-state index in [1.807, 2.05) is 16.0 Å². The van der Waals surface area contributed by atoms with E-state index < -0.39 is 5.97 Å². The minimum Gasteiger partial charge on any atom is -0.480 e. The average Bonchev–Trinajstić information content (AvgIpc) is 2.74. The van der Waals surface area contributed by atoms with Crippen LogP contribution in [0.2, 0.25) is 0 Å². The molecule has 6 nitrogen and oxygen atoms in total. The summed E-state index contributed by atoms with van der Waals surface area (Å²) in [6.07, 6.45) is 3.71. The third kappa shape index (κ3) is 2.37. The van der Waals surface area contributed by atoms with Gasteiger partial charge in [0, 0.05) is 17.8 Å². The molecule has 0 unspecified atom stereocenters. The molecule has 0 saturated heterocycles. The number of aliphatic carboxylic acids is 1. The van der Waals surface area contributed by atoms with Crippen LogP contribution in [0, 0.1) is 0 Å². The first-order valence-electron chi connectivity index (χ1n) is 4.55. The van der Waals surface area contributed by atoms with E-state index in [0.29, 0.717) is 5.69 Å². The Morgan fingerprint density at radius 2 is 2.38 bits per heavy atom. The Bertz CT molecular complexity index is 502. The summed E-state index contributed by atoms with van der Waals surface area (Å²) < 4.78 is 1.82. The second-order valence-corrected chi connectivity index (χ2v) is 4.05. The largest absolute Gasteiger partial charge is 0.480 e. The van der Waals surface area contributed by atoms with Crippen molar-refractivity contribution in [3.05, 3.63) is 23.5 Å². The molecule has 0 aliphatic carbocycles. The van der Waals surface area contributed by atoms with Crippen molar-refractivity contribution in [1.29, 1.82) is 0 Å². The summed E-state index contributed by atoms with van der Waals surface area (Å²) in [6, 6.07) is 0. The lowest BCUT2D eigenvalue weighted by atomic mass is 10.3. The topological polar surface area (TPSA) is 83.7 Å². The molecular formula is C9H9N3O3S. The molecule has 2 rings (SSSR count). The molecular weight excluding hydrogens is 230 g/mol. The molecule has 2 N–H and O–H groups in total. The average molecular weight is 239 g/mol. The molecule has 84 valence electrons. The molecule has 0 aliphatic rings. The lowest BCUT2D eigenvalue weighted by molar-refractivity contribution is -0.137. The van der Waals surface area contributed by atoms with Crippen molar-refractivity contribution in [2.75, 3.05) is 6.54 Å². The number of hydrogen-bond acceptors (Lipinski definition) is 4. The molecule has 0 atom stereocenters. The van der Waals surface area contributed by atoms with Crippen LogP contribution in [-0.2, 0) is 16.0 Å². The summed E-state index contributed by atoms with van der Waals surface area (Å²) in [5, 5.41) is 12.6. The van der Waals surface area contributed by atoms with Gasteiger partial charge in [0.1, 0.15) is 6.54 Å². The minimum atomic E-state index is -1.06. The normalized spacial score (nSPS) is 10.5. The van der Waals surface area contributed by atoms with Crippen LogP contribution >= 0.6 is 11.3 Å². The highest BCUT2D eigenvalue weighted by molar-refractivity contribution is 7.15. The highest BCUT2D eigenvalue weighted by Crippen LogP contribution is 2.11. The molecule has 7 heteroatoms. The van der Waals surface area contributed by atoms with Gasteiger partial charge in [-0.15, -0.1) is 11.3 Å². The van der Waals surface area contributed by atoms with Crippen LogP contribution in [0.3, 0.4) is 0 Å². The van der Waals surface area contributed by atoms with Crippen molar-refractivity contribution in [2.45, 2.75) is 6.42 Å². The molecule has 0 radical (unpaired) electrons. The van der Waals surface area contributed by atoms with E-state index in [4.69, 9.17) is 5.11 Å². The maximum absolute atomic E-state index is 11.3. The fourth-order valence-corrected chi connectivity index (χ4v) is 1.98. The molecule has 2 aromatic heterocycles. The number of amides is 1. The fraction of sp³-hybridized carbons (Fsp3) is 0.222. The molecule has 0 fully saturated rings. The Labute approximate surface area is 94.5 Å². The lowest BCUT2D eigenvalue weighted by Crippen LogP contribution is -2.30. The van der Waals surface area contributed by atoms with E-state index in [9.17, 15) is 9.59 Å². The second kappa shape index (κ2) is 4.31. The van der Waals surface area contributed by atoms with Crippen molar-refractivity contribution < 1.29 is 14.7 Å². The smallest absolute Gasteiger partial charge is 0.322 e. The van der Waals surface area contributed by atoms with Crippen molar-refractivity contribution in [3.8, 4) is 0 Å². The molecule has 1 amide bonds. The highest BCUT2D eigenvalue weighted by atomic mass is 32.1. The number of aromatic nitrogens is 2. The minimum absolute atomic E-state index is 0.0989. The number of imidazole rings is 1. The van der Waals surface area contributed by atoms with Gasteiger partial charge in [0.2, 0.25) is 5.91 Å². The van der Waals surface area contributed by atoms with Gasteiger partial charge in [0.25, 0.3) is 0 Å². The maximum Gasteiger partial charge on any atom is 0.322 e. The summed E-state index contributed by atoms with van der Waals surface area (Å²) >= 11 is 1.48. The summed E-state index contributed by atoms with van der Waals surface area (Å²) in [5.74, 6) is -1.40. The monoisotopic (exact) mass is 239 g/mol. The maximum atomic E-state index is 11.3. The summed E-state index contributed by atoms with van der Waals surface area (Å²) in [5.41, 5.74) is 0.634. The lowest BCUT2D eigenvalue weighted by Gasteiger charge is -1.98. The van der Waals surface area contributed by atoms with E-state index in [1.54, 1.807) is 6.20 Å². The number of carbonyl (C=O) groups excluding carboxylic acids is 1. The molecule has 16 heavy (non-hydrogen) atoms. The summed E-state index contributed by atoms with van der Waals surface area (Å²) in [7, 11) is 0. The first kappa shape index (κ1) is 10.6. The van der Waals surface area contributed by atoms with Crippen molar-refractivity contribution in [2.24, 2.45) is 0 Å². The standard InChI is InChI=1S/C9H9N3O3S/c13-7(10-4-8(14)15)3-6-5-12-1-2-16-9(12)11-6/h1-2,5H,3-4H2,(H,10,13)(H,14,15). The molecule has 2 heterocycles. The Balaban J connectivity index is 1.96. The number of nitrogens with zero attached hydrogens (tertiary/aromatic N) is 2. The van der Waals surface area contributed by atoms with Crippen LogP contribution in [0.1, 0.15) is 5.69 Å². The van der Waals surface area contributed by atoms with Crippen LogP contribution < -0.4 is 5.32 Å². The Hall–Kier alpha value is -1.89. The van der Waals surface area contributed by atoms with Crippen molar-refractivity contribution in [1.82, 2.24) is 14.7 Å².